The Balaban J connectivity index is 3.49. The number of esters is 1. The monoisotopic (exact) mass is 150 g/mol. The van der Waals surface area contributed by atoms with E-state index in [4.69, 9.17) is 15.3 Å². The summed E-state index contributed by atoms with van der Waals surface area (Å²) in [6.07, 6.45) is -1.41. The van der Waals surface area contributed by atoms with E-state index in [1.807, 2.05) is 0 Å². The zero-order valence-electron chi connectivity index (χ0n) is 5.36. The molecule has 0 heterocycles. The van der Waals surface area contributed by atoms with Gasteiger partial charge in [-0.2, -0.15) is 0 Å². The van der Waals surface area contributed by atoms with Crippen molar-refractivity contribution in [2.24, 2.45) is 0 Å². The second kappa shape index (κ2) is 5.16. The van der Waals surface area contributed by atoms with Crippen LogP contribution in [0.15, 0.2) is 0 Å². The van der Waals surface area contributed by atoms with Gasteiger partial charge in [0.15, 0.2) is 12.9 Å². The summed E-state index contributed by atoms with van der Waals surface area (Å²) >= 11 is 0. The van der Waals surface area contributed by atoms with Crippen molar-refractivity contribution in [3.63, 3.8) is 0 Å². The first-order chi connectivity index (χ1) is 4.72. The Morgan fingerprint density at radius 2 is 2.10 bits per heavy atom. The lowest BCUT2D eigenvalue weighted by molar-refractivity contribution is -0.162. The molecule has 0 radical (unpaired) electrons. The maximum Gasteiger partial charge on any atom is 0.337 e. The van der Waals surface area contributed by atoms with E-state index in [2.05, 4.69) is 4.74 Å². The van der Waals surface area contributed by atoms with Crippen molar-refractivity contribution in [3.8, 4) is 0 Å². The number of ether oxygens (including phenoxy) is 1. The summed E-state index contributed by atoms with van der Waals surface area (Å²) in [5, 5.41) is 25.0. The molecule has 0 aliphatic carbocycles. The highest BCUT2D eigenvalue weighted by Gasteiger charge is 2.14. The van der Waals surface area contributed by atoms with Gasteiger partial charge in [-0.15, -0.1) is 0 Å². The van der Waals surface area contributed by atoms with Crippen LogP contribution >= 0.6 is 0 Å². The minimum Gasteiger partial charge on any atom is -0.437 e. The summed E-state index contributed by atoms with van der Waals surface area (Å²) in [5.41, 5.74) is 0. The Hall–Kier alpha value is -0.650. The van der Waals surface area contributed by atoms with Gasteiger partial charge in [-0.05, 0) is 0 Å². The van der Waals surface area contributed by atoms with Crippen molar-refractivity contribution < 1.29 is 24.9 Å². The summed E-state index contributed by atoms with van der Waals surface area (Å²) in [5.74, 6) is -0.920. The van der Waals surface area contributed by atoms with Gasteiger partial charge in [-0.3, -0.25) is 0 Å². The van der Waals surface area contributed by atoms with Crippen LogP contribution < -0.4 is 0 Å². The number of hydrogen-bond donors (Lipinski definition) is 3. The van der Waals surface area contributed by atoms with Gasteiger partial charge in [0.1, 0.15) is 0 Å². The molecule has 1 unspecified atom stereocenters. The Labute approximate surface area is 57.9 Å². The molecule has 5 nitrogen and oxygen atoms in total. The van der Waals surface area contributed by atoms with Crippen LogP contribution in [0.5, 0.6) is 0 Å². The third kappa shape index (κ3) is 3.39. The predicted molar refractivity (Wildman–Crippen MR) is 30.9 cm³/mol. The maximum atomic E-state index is 10.4. The summed E-state index contributed by atoms with van der Waals surface area (Å²) in [6.45, 7) is -1.04. The van der Waals surface area contributed by atoms with Gasteiger partial charge in [-0.1, -0.05) is 0 Å². The molecule has 3 N–H and O–H groups in total. The molecule has 0 aromatic carbocycles. The molecular weight excluding hydrogens is 140 g/mol. The van der Waals surface area contributed by atoms with E-state index in [1.54, 1.807) is 0 Å². The summed E-state index contributed by atoms with van der Waals surface area (Å²) in [6, 6.07) is 0. The van der Waals surface area contributed by atoms with E-state index >= 15 is 0 Å². The van der Waals surface area contributed by atoms with Crippen LogP contribution in [0.3, 0.4) is 0 Å². The lowest BCUT2D eigenvalue weighted by atomic mass is 10.3. The second-order valence-electron chi connectivity index (χ2n) is 1.62. The molecule has 0 saturated heterocycles. The molecule has 0 fully saturated rings. The molecule has 0 aromatic rings. The first-order valence-corrected chi connectivity index (χ1v) is 2.78. The van der Waals surface area contributed by atoms with Crippen LogP contribution in [0.1, 0.15) is 6.42 Å². The molecular formula is C5H10O5. The summed E-state index contributed by atoms with van der Waals surface area (Å²) < 4.78 is 4.01. The van der Waals surface area contributed by atoms with Gasteiger partial charge in [0.05, 0.1) is 0 Å². The SMILES string of the molecule is O=C(OCO)C(O)CCO. The molecule has 10 heavy (non-hydrogen) atoms. The van der Waals surface area contributed by atoms with Crippen molar-refractivity contribution in [1.29, 1.82) is 0 Å². The number of carbonyl (C=O) groups excluding carboxylic acids is 1. The molecule has 0 spiro atoms. The first-order valence-electron chi connectivity index (χ1n) is 2.78. The fourth-order valence-corrected chi connectivity index (χ4v) is 0.400. The van der Waals surface area contributed by atoms with Gasteiger partial charge < -0.3 is 20.1 Å². The fraction of sp³-hybridized carbons (Fsp3) is 0.800. The molecule has 0 bridgehead atoms. The van der Waals surface area contributed by atoms with E-state index in [9.17, 15) is 4.79 Å². The van der Waals surface area contributed by atoms with Crippen molar-refractivity contribution in [2.45, 2.75) is 12.5 Å². The lowest BCUT2D eigenvalue weighted by Gasteiger charge is -2.05. The van der Waals surface area contributed by atoms with Crippen molar-refractivity contribution >= 4 is 5.97 Å². The number of aliphatic hydroxyl groups is 3. The van der Waals surface area contributed by atoms with E-state index in [1.165, 1.54) is 0 Å². The summed E-state index contributed by atoms with van der Waals surface area (Å²) in [7, 11) is 0. The van der Waals surface area contributed by atoms with Gasteiger partial charge in [0.25, 0.3) is 0 Å². The highest BCUT2D eigenvalue weighted by atomic mass is 16.6. The normalized spacial score (nSPS) is 12.7. The third-order valence-corrected chi connectivity index (χ3v) is 0.881. The molecule has 0 rings (SSSR count). The first kappa shape index (κ1) is 9.35. The highest BCUT2D eigenvalue weighted by molar-refractivity contribution is 5.74. The quantitative estimate of drug-likeness (QED) is 0.326. The molecule has 5 heteroatoms. The molecule has 0 aliphatic heterocycles. The van der Waals surface area contributed by atoms with E-state index in [-0.39, 0.29) is 13.0 Å². The lowest BCUT2D eigenvalue weighted by Crippen LogP contribution is -2.24. The Kier molecular flexibility index (Phi) is 4.82. The Bertz CT molecular complexity index is 102. The standard InChI is InChI=1S/C5H10O5/c6-2-1-4(8)5(9)10-3-7/h4,6-8H,1-3H2. The molecule has 1 atom stereocenters. The average Bonchev–Trinajstić information content (AvgIpc) is 1.89. The molecule has 0 amide bonds. The smallest absolute Gasteiger partial charge is 0.337 e. The predicted octanol–water partition coefficient (Wildman–Crippen LogP) is -1.78. The van der Waals surface area contributed by atoms with Gasteiger partial charge in [0.2, 0.25) is 0 Å². The highest BCUT2D eigenvalue weighted by Crippen LogP contribution is 1.92. The Morgan fingerprint density at radius 1 is 1.50 bits per heavy atom. The van der Waals surface area contributed by atoms with E-state index < -0.39 is 18.9 Å². The van der Waals surface area contributed by atoms with Gasteiger partial charge >= 0.3 is 5.97 Å². The van der Waals surface area contributed by atoms with Crippen molar-refractivity contribution in [2.75, 3.05) is 13.4 Å². The van der Waals surface area contributed by atoms with Crippen molar-refractivity contribution in [1.82, 2.24) is 0 Å². The zero-order valence-corrected chi connectivity index (χ0v) is 5.36. The minimum atomic E-state index is -1.34. The number of rotatable bonds is 4. The van der Waals surface area contributed by atoms with Crippen LogP contribution in [0.4, 0.5) is 0 Å². The second-order valence-corrected chi connectivity index (χ2v) is 1.62. The van der Waals surface area contributed by atoms with Crippen LogP contribution in [0, 0.1) is 0 Å². The van der Waals surface area contributed by atoms with Crippen LogP contribution in [0.2, 0.25) is 0 Å². The third-order valence-electron chi connectivity index (χ3n) is 0.881. The average molecular weight is 150 g/mol. The van der Waals surface area contributed by atoms with E-state index in [0.29, 0.717) is 0 Å². The summed E-state index contributed by atoms with van der Waals surface area (Å²) in [4.78, 5) is 10.4. The molecule has 0 aromatic heterocycles. The molecule has 0 saturated carbocycles. The van der Waals surface area contributed by atoms with E-state index in [0.717, 1.165) is 0 Å². The number of aliphatic hydroxyl groups excluding tert-OH is 3. The van der Waals surface area contributed by atoms with Crippen LogP contribution in [-0.4, -0.2) is 40.8 Å². The zero-order chi connectivity index (χ0) is 7.98. The Morgan fingerprint density at radius 3 is 2.50 bits per heavy atom. The maximum absolute atomic E-state index is 10.4. The number of hydrogen-bond acceptors (Lipinski definition) is 5. The van der Waals surface area contributed by atoms with Gasteiger partial charge in [-0.25, -0.2) is 4.79 Å². The molecule has 60 valence electrons. The topological polar surface area (TPSA) is 87.0 Å². The minimum absolute atomic E-state index is 0.0706. The van der Waals surface area contributed by atoms with Crippen molar-refractivity contribution in [3.05, 3.63) is 0 Å². The van der Waals surface area contributed by atoms with Gasteiger partial charge in [0, 0.05) is 13.0 Å². The number of carbonyl (C=O) groups is 1. The van der Waals surface area contributed by atoms with Crippen LogP contribution in [0.25, 0.3) is 0 Å². The molecule has 0 aliphatic rings. The fourth-order valence-electron chi connectivity index (χ4n) is 0.400. The largest absolute Gasteiger partial charge is 0.437 e. The van der Waals surface area contributed by atoms with Crippen LogP contribution in [-0.2, 0) is 9.53 Å².